The molecule has 0 saturated heterocycles. The summed E-state index contributed by atoms with van der Waals surface area (Å²) in [6.07, 6.45) is 6.78. The van der Waals surface area contributed by atoms with E-state index in [4.69, 9.17) is 0 Å². The minimum absolute atomic E-state index is 0.212. The van der Waals surface area contributed by atoms with Crippen LogP contribution in [0.15, 0.2) is 11.1 Å². The van der Waals surface area contributed by atoms with Gasteiger partial charge in [-0.2, -0.15) is 0 Å². The minimum atomic E-state index is -0.591. The fraction of sp³-hybridized carbons (Fsp3) is 0.867. The third-order valence-corrected chi connectivity index (χ3v) is 5.05. The molecule has 2 nitrogen and oxygen atoms in total. The van der Waals surface area contributed by atoms with E-state index in [1.165, 1.54) is 30.4 Å². The van der Waals surface area contributed by atoms with E-state index in [0.717, 1.165) is 19.3 Å². The summed E-state index contributed by atoms with van der Waals surface area (Å²) in [5.74, 6) is 0.352. The van der Waals surface area contributed by atoms with Gasteiger partial charge in [-0.15, -0.1) is 0 Å². The van der Waals surface area contributed by atoms with Gasteiger partial charge in [0.15, 0.2) is 0 Å². The van der Waals surface area contributed by atoms with Crippen LogP contribution in [0.5, 0.6) is 0 Å². The Hall–Kier alpha value is -0.340. The predicted molar refractivity (Wildman–Crippen MR) is 69.7 cm³/mol. The molecule has 2 heteroatoms. The molecule has 0 amide bonds. The molecule has 98 valence electrons. The van der Waals surface area contributed by atoms with Gasteiger partial charge in [-0.1, -0.05) is 12.5 Å². The SMILES string of the molecule is CC(C)(O)[C@@H]1CC[C@@]2(C)CCCC(CO)=C2C1. The van der Waals surface area contributed by atoms with E-state index in [-0.39, 0.29) is 6.61 Å². The molecule has 2 N–H and O–H groups in total. The summed E-state index contributed by atoms with van der Waals surface area (Å²) < 4.78 is 0. The van der Waals surface area contributed by atoms with Crippen LogP contribution in [0.2, 0.25) is 0 Å². The van der Waals surface area contributed by atoms with Crippen LogP contribution in [0.1, 0.15) is 59.3 Å². The van der Waals surface area contributed by atoms with Gasteiger partial charge in [0.1, 0.15) is 0 Å². The normalized spacial score (nSPS) is 34.8. The lowest BCUT2D eigenvalue weighted by molar-refractivity contribution is -0.00490. The fourth-order valence-electron chi connectivity index (χ4n) is 3.71. The van der Waals surface area contributed by atoms with Gasteiger partial charge in [-0.3, -0.25) is 0 Å². The van der Waals surface area contributed by atoms with Gasteiger partial charge in [0.05, 0.1) is 12.2 Å². The summed E-state index contributed by atoms with van der Waals surface area (Å²) >= 11 is 0. The topological polar surface area (TPSA) is 40.5 Å². The van der Waals surface area contributed by atoms with Gasteiger partial charge in [-0.05, 0) is 69.3 Å². The van der Waals surface area contributed by atoms with Gasteiger partial charge in [0.2, 0.25) is 0 Å². The maximum absolute atomic E-state index is 10.2. The van der Waals surface area contributed by atoms with Crippen LogP contribution in [0, 0.1) is 11.3 Å². The summed E-state index contributed by atoms with van der Waals surface area (Å²) in [5.41, 5.74) is 2.43. The standard InChI is InChI=1S/C15H26O2/c1-14(2,17)12-6-8-15(3)7-4-5-11(10-16)13(15)9-12/h12,16-17H,4-10H2,1-3H3/t12-,15-/m1/s1. The molecule has 0 aromatic carbocycles. The van der Waals surface area contributed by atoms with Crippen molar-refractivity contribution >= 4 is 0 Å². The Balaban J connectivity index is 2.28. The molecule has 0 radical (unpaired) electrons. The maximum atomic E-state index is 10.2. The molecule has 0 aliphatic heterocycles. The van der Waals surface area contributed by atoms with Crippen LogP contribution in [-0.2, 0) is 0 Å². The maximum Gasteiger partial charge on any atom is 0.0644 e. The molecule has 17 heavy (non-hydrogen) atoms. The molecule has 1 fully saturated rings. The first kappa shape index (κ1) is 13.1. The van der Waals surface area contributed by atoms with Crippen LogP contribution in [-0.4, -0.2) is 22.4 Å². The molecule has 2 aliphatic rings. The molecule has 0 unspecified atom stereocenters. The number of hydrogen-bond acceptors (Lipinski definition) is 2. The Labute approximate surface area is 105 Å². The van der Waals surface area contributed by atoms with Crippen molar-refractivity contribution < 1.29 is 10.2 Å². The van der Waals surface area contributed by atoms with Crippen molar-refractivity contribution in [2.75, 3.05) is 6.61 Å². The highest BCUT2D eigenvalue weighted by atomic mass is 16.3. The lowest BCUT2D eigenvalue weighted by Crippen LogP contribution is -2.39. The zero-order chi connectivity index (χ0) is 12.7. The van der Waals surface area contributed by atoms with Crippen molar-refractivity contribution in [3.63, 3.8) is 0 Å². The van der Waals surface area contributed by atoms with Crippen molar-refractivity contribution in [2.24, 2.45) is 11.3 Å². The van der Waals surface area contributed by atoms with Crippen molar-refractivity contribution in [1.29, 1.82) is 0 Å². The molecule has 2 atom stereocenters. The number of rotatable bonds is 2. The second-order valence-corrected chi connectivity index (χ2v) is 6.75. The van der Waals surface area contributed by atoms with E-state index in [2.05, 4.69) is 6.92 Å². The van der Waals surface area contributed by atoms with E-state index in [1.54, 1.807) is 0 Å². The first-order chi connectivity index (χ1) is 7.87. The fourth-order valence-corrected chi connectivity index (χ4v) is 3.71. The highest BCUT2D eigenvalue weighted by molar-refractivity contribution is 5.27. The van der Waals surface area contributed by atoms with Crippen molar-refractivity contribution in [1.82, 2.24) is 0 Å². The van der Waals surface area contributed by atoms with Crippen LogP contribution in [0.25, 0.3) is 0 Å². The number of aliphatic hydroxyl groups excluding tert-OH is 1. The Morgan fingerprint density at radius 2 is 2.06 bits per heavy atom. The van der Waals surface area contributed by atoms with Gasteiger partial charge < -0.3 is 10.2 Å². The Kier molecular flexibility index (Phi) is 3.39. The van der Waals surface area contributed by atoms with Crippen LogP contribution in [0.3, 0.4) is 0 Å². The van der Waals surface area contributed by atoms with Crippen LogP contribution < -0.4 is 0 Å². The predicted octanol–water partition coefficient (Wildman–Crippen LogP) is 3.04. The summed E-state index contributed by atoms with van der Waals surface area (Å²) in [4.78, 5) is 0. The van der Waals surface area contributed by atoms with Gasteiger partial charge >= 0.3 is 0 Å². The Morgan fingerprint density at radius 3 is 2.65 bits per heavy atom. The second kappa shape index (κ2) is 4.40. The molecular weight excluding hydrogens is 212 g/mol. The molecule has 0 spiro atoms. The average molecular weight is 238 g/mol. The molecule has 2 aliphatic carbocycles. The molecule has 1 saturated carbocycles. The second-order valence-electron chi connectivity index (χ2n) is 6.75. The summed E-state index contributed by atoms with van der Waals surface area (Å²) in [7, 11) is 0. The Bertz CT molecular complexity index is 324. The highest BCUT2D eigenvalue weighted by Gasteiger charge is 2.42. The molecule has 0 heterocycles. The van der Waals surface area contributed by atoms with E-state index >= 15 is 0 Å². The third-order valence-electron chi connectivity index (χ3n) is 5.05. The number of fused-ring (bicyclic) bond motifs is 1. The lowest BCUT2D eigenvalue weighted by Gasteiger charge is -2.47. The molecule has 0 aromatic rings. The summed E-state index contributed by atoms with van der Waals surface area (Å²) in [5, 5.41) is 19.7. The number of allylic oxidation sites excluding steroid dienone is 1. The number of hydrogen-bond donors (Lipinski definition) is 2. The van der Waals surface area contributed by atoms with E-state index < -0.39 is 5.60 Å². The summed E-state index contributed by atoms with van der Waals surface area (Å²) in [6.45, 7) is 6.39. The first-order valence-corrected chi connectivity index (χ1v) is 6.91. The third kappa shape index (κ3) is 2.43. The molecular formula is C15H26O2. The monoisotopic (exact) mass is 238 g/mol. The van der Waals surface area contributed by atoms with Crippen molar-refractivity contribution in [2.45, 2.75) is 64.9 Å². The Morgan fingerprint density at radius 1 is 1.35 bits per heavy atom. The minimum Gasteiger partial charge on any atom is -0.392 e. The lowest BCUT2D eigenvalue weighted by atomic mass is 9.59. The molecule has 0 bridgehead atoms. The van der Waals surface area contributed by atoms with Gasteiger partial charge in [0, 0.05) is 0 Å². The van der Waals surface area contributed by atoms with E-state index in [9.17, 15) is 10.2 Å². The zero-order valence-electron chi connectivity index (χ0n) is 11.4. The van der Waals surface area contributed by atoms with Crippen molar-refractivity contribution in [3.05, 3.63) is 11.1 Å². The van der Waals surface area contributed by atoms with Gasteiger partial charge in [0.25, 0.3) is 0 Å². The molecule has 2 rings (SSSR count). The van der Waals surface area contributed by atoms with E-state index in [0.29, 0.717) is 11.3 Å². The van der Waals surface area contributed by atoms with Crippen LogP contribution >= 0.6 is 0 Å². The number of aliphatic hydroxyl groups is 2. The largest absolute Gasteiger partial charge is 0.392 e. The first-order valence-electron chi connectivity index (χ1n) is 6.91. The summed E-state index contributed by atoms with van der Waals surface area (Å²) in [6, 6.07) is 0. The molecule has 0 aromatic heterocycles. The quantitative estimate of drug-likeness (QED) is 0.726. The van der Waals surface area contributed by atoms with Crippen molar-refractivity contribution in [3.8, 4) is 0 Å². The average Bonchev–Trinajstić information content (AvgIpc) is 2.25. The van der Waals surface area contributed by atoms with Crippen LogP contribution in [0.4, 0.5) is 0 Å². The smallest absolute Gasteiger partial charge is 0.0644 e. The van der Waals surface area contributed by atoms with E-state index in [1.807, 2.05) is 13.8 Å². The van der Waals surface area contributed by atoms with Gasteiger partial charge in [-0.25, -0.2) is 0 Å². The highest BCUT2D eigenvalue weighted by Crippen LogP contribution is 2.52. The zero-order valence-corrected chi connectivity index (χ0v) is 11.4.